The second kappa shape index (κ2) is 6.05. The molecule has 0 spiro atoms. The Kier molecular flexibility index (Phi) is 4.43. The molecule has 1 heterocycles. The lowest BCUT2D eigenvalue weighted by atomic mass is 9.99. The normalized spacial score (nSPS) is 17.2. The topological polar surface area (TPSA) is 20.3 Å². The zero-order chi connectivity index (χ0) is 13.0. The number of alkyl halides is 1. The van der Waals surface area contributed by atoms with Gasteiger partial charge in [0.25, 0.3) is 0 Å². The highest BCUT2D eigenvalue weighted by Gasteiger charge is 2.21. The van der Waals surface area contributed by atoms with Crippen molar-refractivity contribution in [1.29, 1.82) is 0 Å². The Hall–Kier alpha value is -1.28. The van der Waals surface area contributed by atoms with Gasteiger partial charge in [0.05, 0.1) is 0 Å². The molecule has 0 N–H and O–H groups in total. The fourth-order valence-electron chi connectivity index (χ4n) is 2.16. The number of amides is 1. The number of carbonyl (C=O) groups excluding carboxylic acids is 1. The van der Waals surface area contributed by atoms with E-state index in [4.69, 9.17) is 11.6 Å². The highest BCUT2D eigenvalue weighted by atomic mass is 35.5. The molecule has 1 aliphatic heterocycles. The third-order valence-corrected chi connectivity index (χ3v) is 3.78. The predicted octanol–water partition coefficient (Wildman–Crippen LogP) is 3.18. The summed E-state index contributed by atoms with van der Waals surface area (Å²) in [5.41, 5.74) is 2.59. The summed E-state index contributed by atoms with van der Waals surface area (Å²) in [6, 6.07) is 10.3. The van der Waals surface area contributed by atoms with Crippen LogP contribution in [0.25, 0.3) is 5.57 Å². The van der Waals surface area contributed by atoms with Crippen molar-refractivity contribution in [3.8, 4) is 0 Å². The van der Waals surface area contributed by atoms with Crippen molar-refractivity contribution < 1.29 is 4.79 Å². The molecule has 1 amide bonds. The van der Waals surface area contributed by atoms with Gasteiger partial charge in [-0.3, -0.25) is 4.79 Å². The van der Waals surface area contributed by atoms with Gasteiger partial charge in [-0.15, -0.1) is 11.6 Å². The van der Waals surface area contributed by atoms with Crippen molar-refractivity contribution in [2.45, 2.75) is 13.3 Å². The summed E-state index contributed by atoms with van der Waals surface area (Å²) in [7, 11) is 0. The van der Waals surface area contributed by atoms with Crippen molar-refractivity contribution in [1.82, 2.24) is 4.90 Å². The molecule has 1 atom stereocenters. The lowest BCUT2D eigenvalue weighted by Crippen LogP contribution is -2.38. The molecule has 0 saturated carbocycles. The van der Waals surface area contributed by atoms with Crippen LogP contribution in [0.3, 0.4) is 0 Å². The quantitative estimate of drug-likeness (QED) is 0.767. The largest absolute Gasteiger partial charge is 0.338 e. The van der Waals surface area contributed by atoms with E-state index >= 15 is 0 Å². The standard InChI is InChI=1S/C15H18ClNO/c1-12(11-16)15(18)17-9-7-14(8-10-17)13-5-3-2-4-6-13/h2-7,12H,8-11H2,1H3. The van der Waals surface area contributed by atoms with Gasteiger partial charge in [-0.1, -0.05) is 43.3 Å². The molecule has 0 saturated heterocycles. The maximum absolute atomic E-state index is 12.0. The van der Waals surface area contributed by atoms with E-state index in [1.807, 2.05) is 30.0 Å². The van der Waals surface area contributed by atoms with E-state index in [-0.39, 0.29) is 11.8 Å². The van der Waals surface area contributed by atoms with Crippen LogP contribution in [0.15, 0.2) is 36.4 Å². The maximum Gasteiger partial charge on any atom is 0.226 e. The Bertz CT molecular complexity index is 441. The first-order valence-corrected chi connectivity index (χ1v) is 6.85. The van der Waals surface area contributed by atoms with Crippen molar-refractivity contribution >= 4 is 23.1 Å². The minimum atomic E-state index is -0.0849. The van der Waals surface area contributed by atoms with Crippen molar-refractivity contribution in [3.63, 3.8) is 0 Å². The lowest BCUT2D eigenvalue weighted by molar-refractivity contribution is -0.133. The monoisotopic (exact) mass is 263 g/mol. The van der Waals surface area contributed by atoms with E-state index in [1.54, 1.807) is 0 Å². The van der Waals surface area contributed by atoms with E-state index in [2.05, 4.69) is 18.2 Å². The van der Waals surface area contributed by atoms with Crippen LogP contribution in [0.5, 0.6) is 0 Å². The summed E-state index contributed by atoms with van der Waals surface area (Å²) < 4.78 is 0. The molecule has 0 bridgehead atoms. The van der Waals surface area contributed by atoms with Crippen molar-refractivity contribution in [2.24, 2.45) is 5.92 Å². The molecule has 1 unspecified atom stereocenters. The number of rotatable bonds is 3. The zero-order valence-electron chi connectivity index (χ0n) is 10.6. The number of nitrogens with zero attached hydrogens (tertiary/aromatic N) is 1. The van der Waals surface area contributed by atoms with Gasteiger partial charge in [0.2, 0.25) is 5.91 Å². The molecule has 2 rings (SSSR count). The molecule has 0 aromatic heterocycles. The molecule has 0 fully saturated rings. The highest BCUT2D eigenvalue weighted by Crippen LogP contribution is 2.22. The van der Waals surface area contributed by atoms with Gasteiger partial charge in [0, 0.05) is 24.9 Å². The minimum absolute atomic E-state index is 0.0849. The fraction of sp³-hybridized carbons (Fsp3) is 0.400. The molecule has 0 aliphatic carbocycles. The summed E-state index contributed by atoms with van der Waals surface area (Å²) in [5.74, 6) is 0.469. The first kappa shape index (κ1) is 13.2. The Balaban J connectivity index is 2.02. The summed E-state index contributed by atoms with van der Waals surface area (Å²) in [6.45, 7) is 3.37. The second-order valence-electron chi connectivity index (χ2n) is 4.68. The molecular formula is C15H18ClNO. The smallest absolute Gasteiger partial charge is 0.226 e. The minimum Gasteiger partial charge on any atom is -0.338 e. The van der Waals surface area contributed by atoms with Crippen LogP contribution >= 0.6 is 11.6 Å². The van der Waals surface area contributed by atoms with E-state index < -0.39 is 0 Å². The van der Waals surface area contributed by atoms with Gasteiger partial charge in [-0.05, 0) is 17.6 Å². The van der Waals surface area contributed by atoms with E-state index in [9.17, 15) is 4.79 Å². The van der Waals surface area contributed by atoms with Crippen molar-refractivity contribution in [2.75, 3.05) is 19.0 Å². The van der Waals surface area contributed by atoms with Gasteiger partial charge in [0.1, 0.15) is 0 Å². The Morgan fingerprint density at radius 2 is 2.11 bits per heavy atom. The molecule has 1 aromatic carbocycles. The van der Waals surface area contributed by atoms with Gasteiger partial charge in [-0.25, -0.2) is 0 Å². The number of carbonyl (C=O) groups is 1. The van der Waals surface area contributed by atoms with Crippen LogP contribution in [0.2, 0.25) is 0 Å². The number of hydrogen-bond acceptors (Lipinski definition) is 1. The summed E-state index contributed by atoms with van der Waals surface area (Å²) in [5, 5.41) is 0. The van der Waals surface area contributed by atoms with Gasteiger partial charge >= 0.3 is 0 Å². The molecule has 3 heteroatoms. The van der Waals surface area contributed by atoms with E-state index in [0.717, 1.165) is 13.0 Å². The third-order valence-electron chi connectivity index (χ3n) is 3.32. The van der Waals surface area contributed by atoms with Crippen LogP contribution < -0.4 is 0 Å². The van der Waals surface area contributed by atoms with Gasteiger partial charge in [-0.2, -0.15) is 0 Å². The first-order chi connectivity index (χ1) is 8.72. The number of halogens is 1. The van der Waals surface area contributed by atoms with E-state index in [0.29, 0.717) is 12.4 Å². The van der Waals surface area contributed by atoms with Crippen LogP contribution in [0, 0.1) is 5.92 Å². The Morgan fingerprint density at radius 3 is 2.67 bits per heavy atom. The van der Waals surface area contributed by atoms with E-state index in [1.165, 1.54) is 11.1 Å². The Labute approximate surface area is 113 Å². The Morgan fingerprint density at radius 1 is 1.39 bits per heavy atom. The third kappa shape index (κ3) is 2.94. The molecule has 18 heavy (non-hydrogen) atoms. The molecule has 0 radical (unpaired) electrons. The number of hydrogen-bond donors (Lipinski definition) is 0. The van der Waals surface area contributed by atoms with Crippen LogP contribution in [-0.2, 0) is 4.79 Å². The average molecular weight is 264 g/mol. The number of benzene rings is 1. The fourth-order valence-corrected chi connectivity index (χ4v) is 2.29. The molecule has 2 nitrogen and oxygen atoms in total. The summed E-state index contributed by atoms with van der Waals surface area (Å²) in [4.78, 5) is 13.9. The highest BCUT2D eigenvalue weighted by molar-refractivity contribution is 6.19. The molecule has 1 aliphatic rings. The zero-order valence-corrected chi connectivity index (χ0v) is 11.4. The van der Waals surface area contributed by atoms with Crippen LogP contribution in [-0.4, -0.2) is 29.8 Å². The summed E-state index contributed by atoms with van der Waals surface area (Å²) in [6.07, 6.45) is 3.07. The molecule has 1 aromatic rings. The second-order valence-corrected chi connectivity index (χ2v) is 4.99. The molecular weight excluding hydrogens is 246 g/mol. The SMILES string of the molecule is CC(CCl)C(=O)N1CC=C(c2ccccc2)CC1. The average Bonchev–Trinajstić information content (AvgIpc) is 2.47. The predicted molar refractivity (Wildman–Crippen MR) is 75.5 cm³/mol. The lowest BCUT2D eigenvalue weighted by Gasteiger charge is -2.28. The summed E-state index contributed by atoms with van der Waals surface area (Å²) >= 11 is 5.73. The van der Waals surface area contributed by atoms with Crippen LogP contribution in [0.4, 0.5) is 0 Å². The van der Waals surface area contributed by atoms with Crippen molar-refractivity contribution in [3.05, 3.63) is 42.0 Å². The first-order valence-electron chi connectivity index (χ1n) is 6.31. The van der Waals surface area contributed by atoms with Gasteiger partial charge in [0.15, 0.2) is 0 Å². The van der Waals surface area contributed by atoms with Crippen LogP contribution in [0.1, 0.15) is 18.9 Å². The maximum atomic E-state index is 12.0. The molecule has 96 valence electrons. The van der Waals surface area contributed by atoms with Gasteiger partial charge < -0.3 is 4.90 Å².